The molecule has 0 saturated heterocycles. The van der Waals surface area contributed by atoms with Crippen LogP contribution in [-0.4, -0.2) is 114 Å². The molecule has 0 saturated carbocycles. The highest BCUT2D eigenvalue weighted by Gasteiger charge is 2.49. The molecule has 2 aliphatic rings. The Bertz CT molecular complexity index is 2040. The van der Waals surface area contributed by atoms with Crippen LogP contribution in [0.15, 0.2) is 64.7 Å². The van der Waals surface area contributed by atoms with Crippen molar-refractivity contribution in [2.75, 3.05) is 87.2 Å². The van der Waals surface area contributed by atoms with E-state index in [1.54, 1.807) is 29.2 Å². The number of hydrogen-bond donors (Lipinski definition) is 0. The molecule has 0 aromatic carbocycles. The van der Waals surface area contributed by atoms with E-state index in [1.165, 1.54) is 53.2 Å². The molecule has 66 heavy (non-hydrogen) atoms. The Morgan fingerprint density at radius 3 is 1.56 bits per heavy atom. The van der Waals surface area contributed by atoms with Crippen molar-refractivity contribution in [1.82, 2.24) is 9.80 Å². The van der Waals surface area contributed by atoms with Crippen molar-refractivity contribution < 1.29 is 16.8 Å². The molecule has 13 heteroatoms. The van der Waals surface area contributed by atoms with E-state index in [1.807, 2.05) is 27.2 Å². The van der Waals surface area contributed by atoms with Gasteiger partial charge in [0.2, 0.25) is 0 Å². The Morgan fingerprint density at radius 1 is 0.636 bits per heavy atom. The third kappa shape index (κ3) is 16.8. The molecule has 0 N–H and O–H groups in total. The van der Waals surface area contributed by atoms with Gasteiger partial charge in [-0.1, -0.05) is 106 Å². The van der Waals surface area contributed by atoms with Crippen LogP contribution in [0.3, 0.4) is 0 Å². The number of thioether (sulfide) groups is 1. The van der Waals surface area contributed by atoms with Crippen LogP contribution >= 0.6 is 75.7 Å². The predicted molar refractivity (Wildman–Crippen MR) is 311 cm³/mol. The smallest absolute Gasteiger partial charge is 0.261 e. The van der Waals surface area contributed by atoms with Gasteiger partial charge in [-0.25, -0.2) is 0 Å². The summed E-state index contributed by atoms with van der Waals surface area (Å²) in [5.74, 6) is 2.74. The molecule has 2 amide bonds. The number of amides is 2. The Labute approximate surface area is 423 Å². The molecule has 0 radical (unpaired) electrons. The first kappa shape index (κ1) is 57.5. The fraction of sp³-hybridized carbons (Fsp3) is 0.660. The maximum absolute atomic E-state index is 15.1. The molecule has 4 heterocycles. The molecule has 6 nitrogen and oxygen atoms in total. The molecule has 2 aromatic rings. The zero-order valence-corrected chi connectivity index (χ0v) is 49.7. The fourth-order valence-electron chi connectivity index (χ4n) is 8.60. The van der Waals surface area contributed by atoms with Gasteiger partial charge in [-0.3, -0.25) is 16.8 Å². The number of hydrogen-bond acceptors (Lipinski definition) is 7. The summed E-state index contributed by atoms with van der Waals surface area (Å²) in [7, 11) is -4.00. The van der Waals surface area contributed by atoms with Crippen molar-refractivity contribution in [2.24, 2.45) is 5.92 Å². The lowest BCUT2D eigenvalue weighted by Crippen LogP contribution is -2.31. The number of nitrogens with zero attached hydrogens (tertiary/aromatic N) is 2. The number of unbranched alkanes of at least 4 members (excludes halogenated alkanes) is 10. The summed E-state index contributed by atoms with van der Waals surface area (Å²) in [4.78, 5) is 39.9. The largest absolute Gasteiger partial charge is 0.306 e. The summed E-state index contributed by atoms with van der Waals surface area (Å²) in [6.45, 7) is 18.9. The van der Waals surface area contributed by atoms with Gasteiger partial charge in [-0.15, -0.1) is 75.7 Å². The number of carbonyl (C=O) groups excluding carboxylic acids is 2. The standard InChI is InChI=1S/C53H90N2O4S7/c1-18-31-44(60-41(4)5)49-47-48(52(57)54(49)36-27-23-19-21-25-29-38-65(14,15)58-63(8,9)10)50(45-33-32-42(61-45)43-34-35-46(62-43)53(6,7)40(2)3)55(51(47)56)37-28-24-20-22-26-30-39-66(16,17)59-64(11,12)13/h18,31-35,40-41H,1,19-30,36-39H2,2-17H3/b44-31-. The zero-order valence-electron chi connectivity index (χ0n) is 44.0. The Kier molecular flexibility index (Phi) is 21.7. The van der Waals surface area contributed by atoms with Gasteiger partial charge in [0.05, 0.1) is 27.4 Å². The van der Waals surface area contributed by atoms with Crippen molar-refractivity contribution in [3.63, 3.8) is 0 Å². The molecule has 0 atom stereocenters. The first-order valence-corrected chi connectivity index (χ1v) is 37.4. The minimum atomic E-state index is -1.03. The van der Waals surface area contributed by atoms with Crippen molar-refractivity contribution in [2.45, 2.75) is 129 Å². The lowest BCUT2D eigenvalue weighted by atomic mass is 9.80. The van der Waals surface area contributed by atoms with E-state index in [0.29, 0.717) is 30.2 Å². The van der Waals surface area contributed by atoms with Crippen LogP contribution in [0.1, 0.15) is 128 Å². The molecule has 0 aliphatic carbocycles. The van der Waals surface area contributed by atoms with Crippen LogP contribution in [0.5, 0.6) is 0 Å². The normalized spacial score (nSPS) is 16.8. The molecular formula is C53H90N2O4S7. The summed E-state index contributed by atoms with van der Waals surface area (Å²) >= 11 is 5.29. The number of allylic oxidation sites excluding steroid dienone is 2. The van der Waals surface area contributed by atoms with E-state index >= 15 is 9.59 Å². The van der Waals surface area contributed by atoms with Crippen molar-refractivity contribution in [3.8, 4) is 9.75 Å². The van der Waals surface area contributed by atoms with Crippen LogP contribution in [0, 0.1) is 5.92 Å². The lowest BCUT2D eigenvalue weighted by molar-refractivity contribution is -0.124. The van der Waals surface area contributed by atoms with Gasteiger partial charge in [0.15, 0.2) is 0 Å². The minimum absolute atomic E-state index is 0.0366. The summed E-state index contributed by atoms with van der Waals surface area (Å²) in [6, 6.07) is 8.89. The SMILES string of the molecule is C=C/C=C(\SC(C)C)C1=C2C(=O)N(CCCCCCCCS(C)(C)OS(C)(C)C)C(c3ccc(-c4ccc(C(C)(C)C(C)C)s4)s3)=C2C(=O)N1CCCCCCCCS(C)(C)OS(C)(C)C. The molecular weight excluding hydrogens is 953 g/mol. The average molecular weight is 1040 g/mol. The number of carbonyl (C=O) groups is 2. The van der Waals surface area contributed by atoms with Crippen LogP contribution in [0.4, 0.5) is 0 Å². The molecule has 0 unspecified atom stereocenters. The van der Waals surface area contributed by atoms with E-state index < -0.39 is 41.2 Å². The van der Waals surface area contributed by atoms with Crippen LogP contribution in [-0.2, 0) is 22.3 Å². The van der Waals surface area contributed by atoms with Gasteiger partial charge < -0.3 is 9.80 Å². The Balaban J connectivity index is 1.59. The number of rotatable bonds is 30. The van der Waals surface area contributed by atoms with Gasteiger partial charge >= 0.3 is 0 Å². The third-order valence-corrected chi connectivity index (χ3v) is 24.6. The summed E-state index contributed by atoms with van der Waals surface area (Å²) in [6.07, 6.45) is 39.7. The second kappa shape index (κ2) is 24.9. The van der Waals surface area contributed by atoms with Crippen LogP contribution in [0.2, 0.25) is 0 Å². The van der Waals surface area contributed by atoms with E-state index in [4.69, 9.17) is 7.26 Å². The predicted octanol–water partition coefficient (Wildman–Crippen LogP) is 16.2. The van der Waals surface area contributed by atoms with E-state index in [2.05, 4.69) is 135 Å². The number of fused-ring (bicyclic) bond motifs is 1. The van der Waals surface area contributed by atoms with Gasteiger partial charge in [-0.05, 0) is 136 Å². The molecule has 0 fully saturated rings. The van der Waals surface area contributed by atoms with Gasteiger partial charge in [0, 0.05) is 43.3 Å². The molecule has 0 spiro atoms. The summed E-state index contributed by atoms with van der Waals surface area (Å²) in [5.41, 5.74) is 2.82. The van der Waals surface area contributed by atoms with E-state index in [0.717, 1.165) is 71.2 Å². The van der Waals surface area contributed by atoms with E-state index in [9.17, 15) is 0 Å². The first-order valence-electron chi connectivity index (χ1n) is 24.2. The summed E-state index contributed by atoms with van der Waals surface area (Å²) in [5, 5.41) is 0.263. The summed E-state index contributed by atoms with van der Waals surface area (Å²) < 4.78 is 12.9. The monoisotopic (exact) mass is 1040 g/mol. The van der Waals surface area contributed by atoms with Gasteiger partial charge in [0.1, 0.15) is 0 Å². The maximum Gasteiger partial charge on any atom is 0.261 e. The molecule has 4 rings (SSSR count). The average Bonchev–Trinajstić information content (AvgIpc) is 3.97. The molecule has 378 valence electrons. The highest BCUT2D eigenvalue weighted by atomic mass is 32.3. The molecule has 2 aliphatic heterocycles. The highest BCUT2D eigenvalue weighted by molar-refractivity contribution is 8.41. The lowest BCUT2D eigenvalue weighted by Gasteiger charge is -2.40. The van der Waals surface area contributed by atoms with E-state index in [-0.39, 0.29) is 22.5 Å². The minimum Gasteiger partial charge on any atom is -0.306 e. The molecule has 0 bridgehead atoms. The maximum atomic E-state index is 15.1. The Morgan fingerprint density at radius 2 is 1.08 bits per heavy atom. The van der Waals surface area contributed by atoms with Gasteiger partial charge in [-0.2, -0.15) is 0 Å². The van der Waals surface area contributed by atoms with Crippen LogP contribution in [0.25, 0.3) is 15.5 Å². The van der Waals surface area contributed by atoms with Crippen LogP contribution < -0.4 is 0 Å². The Hall–Kier alpha value is -1.03. The second-order valence-corrected chi connectivity index (χ2v) is 39.9. The van der Waals surface area contributed by atoms with Gasteiger partial charge in [0.25, 0.3) is 11.8 Å². The zero-order chi connectivity index (χ0) is 49.3. The third-order valence-electron chi connectivity index (χ3n) is 12.1. The van der Waals surface area contributed by atoms with Crippen molar-refractivity contribution >= 4 is 93.2 Å². The topological polar surface area (TPSA) is 59.1 Å². The second-order valence-electron chi connectivity index (χ2n) is 21.6. The fourth-order valence-corrected chi connectivity index (χ4v) is 23.2. The first-order chi connectivity index (χ1) is 30.7. The van der Waals surface area contributed by atoms with Crippen molar-refractivity contribution in [3.05, 3.63) is 74.5 Å². The number of thiophene rings is 2. The highest BCUT2D eigenvalue weighted by Crippen LogP contribution is 2.57. The quantitative estimate of drug-likeness (QED) is 0.0576. The molecule has 2 aromatic heterocycles. The van der Waals surface area contributed by atoms with Crippen molar-refractivity contribution in [1.29, 1.82) is 0 Å².